The van der Waals surface area contributed by atoms with Gasteiger partial charge in [-0.05, 0) is 31.0 Å². The molecular weight excluding hydrogens is 490 g/mol. The summed E-state index contributed by atoms with van der Waals surface area (Å²) < 4.78 is 23.7. The molecular formula is C26H25N7O5. The van der Waals surface area contributed by atoms with Crippen LogP contribution >= 0.6 is 0 Å². The van der Waals surface area contributed by atoms with Gasteiger partial charge < -0.3 is 24.1 Å². The number of amides is 1. The summed E-state index contributed by atoms with van der Waals surface area (Å²) in [4.78, 5) is 16.8. The second-order valence-corrected chi connectivity index (χ2v) is 8.89. The predicted octanol–water partition coefficient (Wildman–Crippen LogP) is 2.96. The molecule has 194 valence electrons. The van der Waals surface area contributed by atoms with Gasteiger partial charge >= 0.3 is 0 Å². The summed E-state index contributed by atoms with van der Waals surface area (Å²) in [6.45, 7) is 1.69. The summed E-state index contributed by atoms with van der Waals surface area (Å²) in [6, 6.07) is 12.9. The van der Waals surface area contributed by atoms with E-state index in [1.54, 1.807) is 36.0 Å². The number of nitrogens with zero attached hydrogens (tertiary/aromatic N) is 6. The number of methoxy groups -OCH3 is 1. The molecule has 1 fully saturated rings. The van der Waals surface area contributed by atoms with Crippen LogP contribution in [0.5, 0.6) is 5.88 Å². The summed E-state index contributed by atoms with van der Waals surface area (Å²) >= 11 is 0. The summed E-state index contributed by atoms with van der Waals surface area (Å²) in [6.07, 6.45) is 3.62. The fraction of sp³-hybridized carbons (Fsp3) is 0.308. The minimum Gasteiger partial charge on any atom is -0.470 e. The van der Waals surface area contributed by atoms with Gasteiger partial charge in [-0.15, -0.1) is 15.3 Å². The standard InChI is InChI=1S/C26H25N7O5/c1-35-15-19-11-22(32-38-19)24-30-29-23-20-6-2-3-7-21(20)26(31-33(23)24)37-14-17-9-8-16(12-27-17)25(34)28-13-18-5-4-10-36-18/h2-3,6-9,11-12,18H,4-5,10,13-15H2,1H3,(H,28,34). The molecule has 6 rings (SSSR count). The lowest BCUT2D eigenvalue weighted by Crippen LogP contribution is -2.31. The van der Waals surface area contributed by atoms with Crippen molar-refractivity contribution in [3.05, 3.63) is 65.7 Å². The number of benzene rings is 1. The van der Waals surface area contributed by atoms with Crippen molar-refractivity contribution >= 4 is 22.3 Å². The number of hydrogen-bond donors (Lipinski definition) is 1. The Morgan fingerprint density at radius 3 is 2.84 bits per heavy atom. The quantitative estimate of drug-likeness (QED) is 0.312. The molecule has 1 aliphatic heterocycles. The van der Waals surface area contributed by atoms with E-state index in [0.717, 1.165) is 30.2 Å². The lowest BCUT2D eigenvalue weighted by Gasteiger charge is -2.11. The number of carbonyl (C=O) groups is 1. The lowest BCUT2D eigenvalue weighted by molar-refractivity contribution is 0.0857. The Morgan fingerprint density at radius 1 is 1.16 bits per heavy atom. The van der Waals surface area contributed by atoms with Crippen molar-refractivity contribution < 1.29 is 23.5 Å². The first kappa shape index (κ1) is 23.9. The number of fused-ring (bicyclic) bond motifs is 3. The Kier molecular flexibility index (Phi) is 6.63. The molecule has 4 aromatic heterocycles. The zero-order valence-corrected chi connectivity index (χ0v) is 20.7. The average Bonchev–Trinajstić information content (AvgIpc) is 3.72. The number of rotatable bonds is 9. The van der Waals surface area contributed by atoms with Gasteiger partial charge in [0.25, 0.3) is 5.91 Å². The zero-order valence-electron chi connectivity index (χ0n) is 20.7. The largest absolute Gasteiger partial charge is 0.470 e. The van der Waals surface area contributed by atoms with Crippen LogP contribution in [0.1, 0.15) is 34.7 Å². The molecule has 0 aliphatic carbocycles. The fourth-order valence-electron chi connectivity index (χ4n) is 4.35. The maximum atomic E-state index is 12.4. The van der Waals surface area contributed by atoms with E-state index in [-0.39, 0.29) is 25.2 Å². The van der Waals surface area contributed by atoms with Crippen LogP contribution in [0, 0.1) is 0 Å². The fourth-order valence-corrected chi connectivity index (χ4v) is 4.35. The first-order chi connectivity index (χ1) is 18.7. The maximum Gasteiger partial charge on any atom is 0.252 e. The van der Waals surface area contributed by atoms with Crippen LogP contribution in [0.15, 0.2) is 53.2 Å². The van der Waals surface area contributed by atoms with Gasteiger partial charge in [-0.25, -0.2) is 0 Å². The molecule has 12 nitrogen and oxygen atoms in total. The van der Waals surface area contributed by atoms with Gasteiger partial charge in [-0.1, -0.05) is 23.4 Å². The molecule has 0 saturated carbocycles. The van der Waals surface area contributed by atoms with Crippen molar-refractivity contribution in [1.82, 2.24) is 35.3 Å². The molecule has 38 heavy (non-hydrogen) atoms. The number of carbonyl (C=O) groups excluding carboxylic acids is 1. The molecule has 1 saturated heterocycles. The molecule has 12 heteroatoms. The van der Waals surface area contributed by atoms with Crippen molar-refractivity contribution in [3.8, 4) is 17.4 Å². The monoisotopic (exact) mass is 515 g/mol. The molecule has 1 aliphatic rings. The van der Waals surface area contributed by atoms with Gasteiger partial charge in [0.2, 0.25) is 11.7 Å². The van der Waals surface area contributed by atoms with Crippen LogP contribution < -0.4 is 10.1 Å². The third-order valence-electron chi connectivity index (χ3n) is 6.26. The minimum absolute atomic E-state index is 0.0853. The van der Waals surface area contributed by atoms with E-state index in [0.29, 0.717) is 46.6 Å². The lowest BCUT2D eigenvalue weighted by atomic mass is 10.2. The van der Waals surface area contributed by atoms with Gasteiger partial charge in [0.05, 0.1) is 17.4 Å². The maximum absolute atomic E-state index is 12.4. The third-order valence-corrected chi connectivity index (χ3v) is 6.26. The van der Waals surface area contributed by atoms with Crippen molar-refractivity contribution in [2.45, 2.75) is 32.2 Å². The first-order valence-corrected chi connectivity index (χ1v) is 12.3. The van der Waals surface area contributed by atoms with Crippen molar-refractivity contribution in [2.24, 2.45) is 0 Å². The Labute approximate surface area is 216 Å². The summed E-state index contributed by atoms with van der Waals surface area (Å²) in [5, 5.41) is 21.9. The summed E-state index contributed by atoms with van der Waals surface area (Å²) in [5.41, 5.74) is 2.17. The SMILES string of the molecule is COCc1cc(-c2nnc3c4ccccc4c(OCc4ccc(C(=O)NCC5CCCO5)cn4)nn23)no1. The van der Waals surface area contributed by atoms with Gasteiger partial charge in [0.15, 0.2) is 17.1 Å². The van der Waals surface area contributed by atoms with E-state index >= 15 is 0 Å². The minimum atomic E-state index is -0.180. The highest BCUT2D eigenvalue weighted by atomic mass is 16.5. The number of ether oxygens (including phenoxy) is 3. The Hall–Kier alpha value is -4.42. The molecule has 0 spiro atoms. The number of pyridine rings is 1. The predicted molar refractivity (Wildman–Crippen MR) is 134 cm³/mol. The van der Waals surface area contributed by atoms with Gasteiger partial charge in [0, 0.05) is 43.3 Å². The first-order valence-electron chi connectivity index (χ1n) is 12.3. The summed E-state index contributed by atoms with van der Waals surface area (Å²) in [7, 11) is 1.58. The molecule has 1 unspecified atom stereocenters. The van der Waals surface area contributed by atoms with E-state index in [2.05, 4.69) is 30.8 Å². The second kappa shape index (κ2) is 10.5. The Morgan fingerprint density at radius 2 is 2.05 bits per heavy atom. The van der Waals surface area contributed by atoms with E-state index in [1.807, 2.05) is 24.3 Å². The van der Waals surface area contributed by atoms with Crippen molar-refractivity contribution in [2.75, 3.05) is 20.3 Å². The van der Waals surface area contributed by atoms with Crippen LogP contribution in [0.25, 0.3) is 27.9 Å². The average molecular weight is 516 g/mol. The van der Waals surface area contributed by atoms with E-state index in [9.17, 15) is 4.79 Å². The molecule has 5 heterocycles. The van der Waals surface area contributed by atoms with E-state index in [1.165, 1.54) is 0 Å². The third kappa shape index (κ3) is 4.78. The van der Waals surface area contributed by atoms with Crippen LogP contribution in [0.2, 0.25) is 0 Å². The normalized spacial score (nSPS) is 15.3. The van der Waals surface area contributed by atoms with Crippen LogP contribution in [-0.2, 0) is 22.7 Å². The number of nitrogens with one attached hydrogen (secondary N) is 1. The smallest absolute Gasteiger partial charge is 0.252 e. The molecule has 0 bridgehead atoms. The van der Waals surface area contributed by atoms with Gasteiger partial charge in [-0.3, -0.25) is 9.78 Å². The van der Waals surface area contributed by atoms with Crippen molar-refractivity contribution in [3.63, 3.8) is 0 Å². The van der Waals surface area contributed by atoms with Crippen molar-refractivity contribution in [1.29, 1.82) is 0 Å². The molecule has 1 amide bonds. The number of aromatic nitrogens is 6. The highest BCUT2D eigenvalue weighted by Gasteiger charge is 2.20. The Bertz CT molecular complexity index is 1570. The van der Waals surface area contributed by atoms with E-state index in [4.69, 9.17) is 18.7 Å². The van der Waals surface area contributed by atoms with E-state index < -0.39 is 0 Å². The molecule has 5 aromatic rings. The highest BCUT2D eigenvalue weighted by molar-refractivity contribution is 5.97. The Balaban J connectivity index is 1.22. The molecule has 0 radical (unpaired) electrons. The van der Waals surface area contributed by atoms with Crippen LogP contribution in [-0.4, -0.2) is 62.2 Å². The highest BCUT2D eigenvalue weighted by Crippen LogP contribution is 2.29. The van der Waals surface area contributed by atoms with Crippen LogP contribution in [0.3, 0.4) is 0 Å². The molecule has 1 N–H and O–H groups in total. The molecule has 1 atom stereocenters. The topological polar surface area (TPSA) is 139 Å². The second-order valence-electron chi connectivity index (χ2n) is 8.89. The van der Waals surface area contributed by atoms with Gasteiger partial charge in [-0.2, -0.15) is 4.52 Å². The molecule has 1 aromatic carbocycles. The summed E-state index contributed by atoms with van der Waals surface area (Å²) in [5.74, 6) is 1.18. The van der Waals surface area contributed by atoms with Crippen LogP contribution in [0.4, 0.5) is 0 Å². The van der Waals surface area contributed by atoms with Gasteiger partial charge in [0.1, 0.15) is 13.2 Å². The number of hydrogen-bond acceptors (Lipinski definition) is 10. The zero-order chi connectivity index (χ0) is 25.9.